The number of carbonyl (C=O) groups is 1. The number of aromatic nitrogens is 2. The molecule has 0 saturated heterocycles. The number of rotatable bonds is 4. The molecule has 2 heterocycles. The van der Waals surface area contributed by atoms with E-state index in [1.807, 2.05) is 31.2 Å². The van der Waals surface area contributed by atoms with Gasteiger partial charge in [0.1, 0.15) is 12.3 Å². The first-order valence-electron chi connectivity index (χ1n) is 9.99. The highest BCUT2D eigenvalue weighted by atomic mass is 19.4. The van der Waals surface area contributed by atoms with E-state index in [0.29, 0.717) is 17.7 Å². The minimum absolute atomic E-state index is 0.0188. The molecular formula is C23H21F3N4O2. The van der Waals surface area contributed by atoms with Crippen LogP contribution in [0.25, 0.3) is 0 Å². The lowest BCUT2D eigenvalue weighted by molar-refractivity contribution is -0.142. The van der Waals surface area contributed by atoms with Crippen LogP contribution >= 0.6 is 0 Å². The van der Waals surface area contributed by atoms with Gasteiger partial charge < -0.3 is 5.11 Å². The zero-order chi connectivity index (χ0) is 23.0. The first-order chi connectivity index (χ1) is 15.1. The Morgan fingerprint density at radius 2 is 1.81 bits per heavy atom. The summed E-state index contributed by atoms with van der Waals surface area (Å²) in [5.74, 6) is -0.509. The third kappa shape index (κ3) is 4.23. The van der Waals surface area contributed by atoms with Crippen molar-refractivity contribution < 1.29 is 23.1 Å². The number of hydrogen-bond donors (Lipinski definition) is 1. The quantitative estimate of drug-likeness (QED) is 0.642. The van der Waals surface area contributed by atoms with Crippen LogP contribution in [0.1, 0.15) is 40.5 Å². The molecule has 4 rings (SSSR count). The maximum atomic E-state index is 13.1. The SMILES string of the molecule is Cc1ccc(C2=NN(C(=O)Cn3nc(C(F)(F)F)cc3C)C(c3ccccc3O)C2)cc1. The first-order valence-corrected chi connectivity index (χ1v) is 9.99. The Bertz CT molecular complexity index is 1180. The number of hydrogen-bond acceptors (Lipinski definition) is 4. The Hall–Kier alpha value is -3.62. The van der Waals surface area contributed by atoms with Crippen LogP contribution in [0.15, 0.2) is 59.7 Å². The monoisotopic (exact) mass is 442 g/mol. The number of nitrogens with zero attached hydrogens (tertiary/aromatic N) is 4. The maximum Gasteiger partial charge on any atom is 0.435 e. The van der Waals surface area contributed by atoms with Crippen LogP contribution in [0.2, 0.25) is 0 Å². The predicted molar refractivity (Wildman–Crippen MR) is 112 cm³/mol. The van der Waals surface area contributed by atoms with Gasteiger partial charge >= 0.3 is 6.18 Å². The molecule has 9 heteroatoms. The fraction of sp³-hybridized carbons (Fsp3) is 0.261. The number of aromatic hydroxyl groups is 1. The lowest BCUT2D eigenvalue weighted by atomic mass is 9.97. The van der Waals surface area contributed by atoms with Gasteiger partial charge in [0.25, 0.3) is 5.91 Å². The average Bonchev–Trinajstić information content (AvgIpc) is 3.33. The van der Waals surface area contributed by atoms with E-state index in [2.05, 4.69) is 10.2 Å². The van der Waals surface area contributed by atoms with E-state index in [-0.39, 0.29) is 11.4 Å². The van der Waals surface area contributed by atoms with Crippen LogP contribution in [0.4, 0.5) is 13.2 Å². The van der Waals surface area contributed by atoms with Gasteiger partial charge in [-0.1, -0.05) is 48.0 Å². The van der Waals surface area contributed by atoms with E-state index in [1.54, 1.807) is 18.2 Å². The number of amides is 1. The second kappa shape index (κ2) is 8.14. The molecule has 1 amide bonds. The van der Waals surface area contributed by atoms with Crippen LogP contribution < -0.4 is 0 Å². The van der Waals surface area contributed by atoms with Gasteiger partial charge in [-0.2, -0.15) is 23.4 Å². The summed E-state index contributed by atoms with van der Waals surface area (Å²) in [4.78, 5) is 13.1. The molecule has 6 nitrogen and oxygen atoms in total. The van der Waals surface area contributed by atoms with Crippen LogP contribution in [0.5, 0.6) is 5.75 Å². The van der Waals surface area contributed by atoms with Gasteiger partial charge in [0.05, 0.1) is 11.8 Å². The number of halogens is 3. The van der Waals surface area contributed by atoms with Gasteiger partial charge in [-0.15, -0.1) is 0 Å². The molecular weight excluding hydrogens is 421 g/mol. The Morgan fingerprint density at radius 1 is 1.12 bits per heavy atom. The largest absolute Gasteiger partial charge is 0.508 e. The summed E-state index contributed by atoms with van der Waals surface area (Å²) >= 11 is 0. The van der Waals surface area contributed by atoms with Crippen LogP contribution in [0.3, 0.4) is 0 Å². The smallest absolute Gasteiger partial charge is 0.435 e. The summed E-state index contributed by atoms with van der Waals surface area (Å²) < 4.78 is 40.0. The lowest BCUT2D eigenvalue weighted by Crippen LogP contribution is -2.31. The van der Waals surface area contributed by atoms with Gasteiger partial charge in [0.15, 0.2) is 5.69 Å². The van der Waals surface area contributed by atoms with Crippen molar-refractivity contribution in [2.24, 2.45) is 5.10 Å². The summed E-state index contributed by atoms with van der Waals surface area (Å²) in [5, 5.41) is 19.6. The second-order valence-electron chi connectivity index (χ2n) is 7.76. The van der Waals surface area contributed by atoms with E-state index in [9.17, 15) is 23.1 Å². The van der Waals surface area contributed by atoms with E-state index in [1.165, 1.54) is 18.0 Å². The molecule has 1 unspecified atom stereocenters. The van der Waals surface area contributed by atoms with Gasteiger partial charge in [-0.3, -0.25) is 9.48 Å². The molecule has 1 atom stereocenters. The number of phenolic OH excluding ortho intramolecular Hbond substituents is 1. The van der Waals surface area contributed by atoms with Crippen LogP contribution in [0, 0.1) is 13.8 Å². The Labute approximate surface area is 182 Å². The van der Waals surface area contributed by atoms with Gasteiger partial charge in [0.2, 0.25) is 0 Å². The average molecular weight is 442 g/mol. The summed E-state index contributed by atoms with van der Waals surface area (Å²) in [7, 11) is 0. The molecule has 0 radical (unpaired) electrons. The molecule has 2 aromatic carbocycles. The van der Waals surface area contributed by atoms with E-state index < -0.39 is 30.4 Å². The van der Waals surface area contributed by atoms with E-state index >= 15 is 0 Å². The highest BCUT2D eigenvalue weighted by Crippen LogP contribution is 2.37. The molecule has 1 aromatic heterocycles. The molecule has 0 saturated carbocycles. The molecule has 0 bridgehead atoms. The number of para-hydroxylation sites is 1. The van der Waals surface area contributed by atoms with Gasteiger partial charge in [-0.05, 0) is 31.5 Å². The lowest BCUT2D eigenvalue weighted by Gasteiger charge is -2.23. The molecule has 0 spiro atoms. The standard InChI is InChI=1S/C23H21F3N4O2/c1-14-7-9-16(10-8-14)18-12-19(17-5-3-4-6-20(17)31)30(27-18)22(32)13-29-15(2)11-21(28-29)23(24,25)26/h3-11,19,31H,12-13H2,1-2H3. The molecule has 0 fully saturated rings. The van der Waals surface area contributed by atoms with Crippen molar-refractivity contribution in [3.05, 3.63) is 82.7 Å². The Kier molecular flexibility index (Phi) is 5.50. The Balaban J connectivity index is 1.67. The molecule has 166 valence electrons. The number of phenols is 1. The molecule has 0 aliphatic carbocycles. The molecule has 3 aromatic rings. The van der Waals surface area contributed by atoms with Crippen molar-refractivity contribution in [2.45, 2.75) is 39.0 Å². The Morgan fingerprint density at radius 3 is 2.44 bits per heavy atom. The van der Waals surface area contributed by atoms with Crippen LogP contribution in [-0.2, 0) is 17.5 Å². The van der Waals surface area contributed by atoms with Crippen molar-refractivity contribution in [3.8, 4) is 5.75 Å². The van der Waals surface area contributed by atoms with Crippen molar-refractivity contribution in [1.82, 2.24) is 14.8 Å². The number of alkyl halides is 3. The van der Waals surface area contributed by atoms with Crippen LogP contribution in [-0.4, -0.2) is 31.5 Å². The van der Waals surface area contributed by atoms with Gasteiger partial charge in [0, 0.05) is 17.7 Å². The summed E-state index contributed by atoms with van der Waals surface area (Å²) in [6, 6.07) is 14.6. The number of aryl methyl sites for hydroxylation is 2. The summed E-state index contributed by atoms with van der Waals surface area (Å²) in [6.07, 6.45) is -4.24. The fourth-order valence-corrected chi connectivity index (χ4v) is 3.68. The van der Waals surface area contributed by atoms with Crippen molar-refractivity contribution in [3.63, 3.8) is 0 Å². The zero-order valence-corrected chi connectivity index (χ0v) is 17.5. The topological polar surface area (TPSA) is 70.7 Å². The third-order valence-electron chi connectivity index (χ3n) is 5.40. The number of hydrazone groups is 1. The van der Waals surface area contributed by atoms with E-state index in [4.69, 9.17) is 0 Å². The highest BCUT2D eigenvalue weighted by Gasteiger charge is 2.37. The second-order valence-corrected chi connectivity index (χ2v) is 7.76. The third-order valence-corrected chi connectivity index (χ3v) is 5.40. The van der Waals surface area contributed by atoms with Gasteiger partial charge in [-0.25, -0.2) is 5.01 Å². The fourth-order valence-electron chi connectivity index (χ4n) is 3.68. The molecule has 1 aliphatic rings. The normalized spacial score (nSPS) is 16.3. The molecule has 32 heavy (non-hydrogen) atoms. The van der Waals surface area contributed by atoms with Crippen molar-refractivity contribution >= 4 is 11.6 Å². The van der Waals surface area contributed by atoms with E-state index in [0.717, 1.165) is 21.9 Å². The molecule has 1 N–H and O–H groups in total. The maximum absolute atomic E-state index is 13.1. The first kappa shape index (κ1) is 21.6. The number of carbonyl (C=O) groups excluding carboxylic acids is 1. The van der Waals surface area contributed by atoms with Crippen molar-refractivity contribution in [1.29, 1.82) is 0 Å². The minimum atomic E-state index is -4.60. The molecule has 1 aliphatic heterocycles. The predicted octanol–water partition coefficient (Wildman–Crippen LogP) is 4.60. The number of benzene rings is 2. The van der Waals surface area contributed by atoms with Crippen molar-refractivity contribution in [2.75, 3.05) is 0 Å². The summed E-state index contributed by atoms with van der Waals surface area (Å²) in [6.45, 7) is 3.01. The summed E-state index contributed by atoms with van der Waals surface area (Å²) in [5.41, 5.74) is 2.24. The minimum Gasteiger partial charge on any atom is -0.508 e. The highest BCUT2D eigenvalue weighted by molar-refractivity contribution is 6.03. The zero-order valence-electron chi connectivity index (χ0n) is 17.5.